The zero-order valence-corrected chi connectivity index (χ0v) is 13.8. The van der Waals surface area contributed by atoms with Crippen LogP contribution in [0.1, 0.15) is 12.0 Å². The van der Waals surface area contributed by atoms with Crippen LogP contribution in [0.5, 0.6) is 0 Å². The molecule has 1 atom stereocenters. The highest BCUT2D eigenvalue weighted by Crippen LogP contribution is 2.28. The van der Waals surface area contributed by atoms with Crippen molar-refractivity contribution in [3.05, 3.63) is 60.2 Å². The quantitative estimate of drug-likeness (QED) is 0.845. The molecule has 0 aliphatic carbocycles. The van der Waals surface area contributed by atoms with E-state index in [1.54, 1.807) is 36.2 Å². The van der Waals surface area contributed by atoms with Crippen LogP contribution >= 0.6 is 0 Å². The molecule has 25 heavy (non-hydrogen) atoms. The molecule has 3 rings (SSSR count). The van der Waals surface area contributed by atoms with E-state index in [0.717, 1.165) is 5.69 Å². The van der Waals surface area contributed by atoms with Crippen LogP contribution in [0.3, 0.4) is 0 Å². The lowest BCUT2D eigenvalue weighted by atomic mass is 10.1. The third kappa shape index (κ3) is 3.38. The summed E-state index contributed by atoms with van der Waals surface area (Å²) >= 11 is 0. The Morgan fingerprint density at radius 1 is 1.12 bits per heavy atom. The number of benzene rings is 2. The number of para-hydroxylation sites is 1. The van der Waals surface area contributed by atoms with E-state index in [1.807, 2.05) is 30.3 Å². The average Bonchev–Trinajstić information content (AvgIpc) is 2.90. The summed E-state index contributed by atoms with van der Waals surface area (Å²) in [4.78, 5) is 38.9. The minimum absolute atomic E-state index is 0.0957. The Hall–Kier alpha value is -3.15. The van der Waals surface area contributed by atoms with E-state index in [-0.39, 0.29) is 24.7 Å². The van der Waals surface area contributed by atoms with Gasteiger partial charge in [-0.2, -0.15) is 0 Å². The number of amides is 2. The molecule has 1 aliphatic rings. The summed E-state index contributed by atoms with van der Waals surface area (Å²) in [5.74, 6) is -1.46. The Balaban J connectivity index is 1.80. The van der Waals surface area contributed by atoms with Crippen LogP contribution in [-0.4, -0.2) is 36.0 Å². The number of nitrogens with zero attached hydrogens (tertiary/aromatic N) is 2. The van der Waals surface area contributed by atoms with E-state index in [2.05, 4.69) is 0 Å². The van der Waals surface area contributed by atoms with Gasteiger partial charge in [-0.1, -0.05) is 30.3 Å². The average molecular weight is 338 g/mol. The van der Waals surface area contributed by atoms with Gasteiger partial charge in [0.1, 0.15) is 6.04 Å². The van der Waals surface area contributed by atoms with Crippen molar-refractivity contribution in [2.75, 3.05) is 16.8 Å². The molecule has 6 nitrogen and oxygen atoms in total. The van der Waals surface area contributed by atoms with Gasteiger partial charge in [0.05, 0.1) is 18.5 Å². The zero-order chi connectivity index (χ0) is 18.0. The molecule has 2 aromatic rings. The predicted molar refractivity (Wildman–Crippen MR) is 93.5 cm³/mol. The Morgan fingerprint density at radius 2 is 1.76 bits per heavy atom. The highest BCUT2D eigenvalue weighted by Gasteiger charge is 2.41. The predicted octanol–water partition coefficient (Wildman–Crippen LogP) is 2.08. The fourth-order valence-corrected chi connectivity index (χ4v) is 2.97. The highest BCUT2D eigenvalue weighted by atomic mass is 16.4. The van der Waals surface area contributed by atoms with Crippen molar-refractivity contribution in [3.63, 3.8) is 0 Å². The molecule has 1 aliphatic heterocycles. The Morgan fingerprint density at radius 3 is 2.36 bits per heavy atom. The lowest BCUT2D eigenvalue weighted by Gasteiger charge is -2.25. The van der Waals surface area contributed by atoms with Gasteiger partial charge >= 0.3 is 5.97 Å². The summed E-state index contributed by atoms with van der Waals surface area (Å²) < 4.78 is 0. The van der Waals surface area contributed by atoms with Gasteiger partial charge < -0.3 is 10.0 Å². The first-order valence-corrected chi connectivity index (χ1v) is 7.93. The molecule has 1 N–H and O–H groups in total. The van der Waals surface area contributed by atoms with E-state index >= 15 is 0 Å². The number of aliphatic carboxylic acids is 1. The first kappa shape index (κ1) is 16.7. The number of carboxylic acids is 1. The number of hydrogen-bond donors (Lipinski definition) is 1. The number of rotatable bonds is 5. The molecule has 2 aromatic carbocycles. The SMILES string of the molecule is CN(c1ccccc1)C1CC(=O)N(c2ccc(CC(=O)O)cc2)C1=O. The minimum atomic E-state index is -0.925. The third-order valence-electron chi connectivity index (χ3n) is 4.30. The van der Waals surface area contributed by atoms with Gasteiger partial charge in [0.2, 0.25) is 5.91 Å². The van der Waals surface area contributed by atoms with Crippen molar-refractivity contribution in [2.24, 2.45) is 0 Å². The Kier molecular flexibility index (Phi) is 4.52. The molecular weight excluding hydrogens is 320 g/mol. The van der Waals surface area contributed by atoms with E-state index in [1.165, 1.54) is 4.90 Å². The molecule has 0 saturated carbocycles. The van der Waals surface area contributed by atoms with Crippen LogP contribution in [0.4, 0.5) is 11.4 Å². The lowest BCUT2D eigenvalue weighted by Crippen LogP contribution is -2.40. The zero-order valence-electron chi connectivity index (χ0n) is 13.8. The van der Waals surface area contributed by atoms with Gasteiger partial charge in [0.25, 0.3) is 5.91 Å². The molecule has 0 aromatic heterocycles. The van der Waals surface area contributed by atoms with Gasteiger partial charge in [-0.3, -0.25) is 14.4 Å². The van der Waals surface area contributed by atoms with Crippen LogP contribution in [0, 0.1) is 0 Å². The van der Waals surface area contributed by atoms with Crippen molar-refractivity contribution >= 4 is 29.2 Å². The second-order valence-corrected chi connectivity index (χ2v) is 5.97. The number of carboxylic acid groups (broad SMARTS) is 1. The van der Waals surface area contributed by atoms with Gasteiger partial charge in [-0.15, -0.1) is 0 Å². The molecule has 0 spiro atoms. The smallest absolute Gasteiger partial charge is 0.307 e. The topological polar surface area (TPSA) is 77.9 Å². The third-order valence-corrected chi connectivity index (χ3v) is 4.30. The van der Waals surface area contributed by atoms with Crippen molar-refractivity contribution in [1.82, 2.24) is 0 Å². The molecule has 1 heterocycles. The molecule has 0 bridgehead atoms. The summed E-state index contributed by atoms with van der Waals surface area (Å²) in [5, 5.41) is 8.81. The largest absolute Gasteiger partial charge is 0.481 e. The molecule has 128 valence electrons. The normalized spacial score (nSPS) is 17.0. The van der Waals surface area contributed by atoms with Crippen LogP contribution in [0.2, 0.25) is 0 Å². The number of carbonyl (C=O) groups is 3. The van der Waals surface area contributed by atoms with Crippen LogP contribution in [0.25, 0.3) is 0 Å². The summed E-state index contributed by atoms with van der Waals surface area (Å²) in [5.41, 5.74) is 1.95. The maximum atomic E-state index is 12.8. The van der Waals surface area contributed by atoms with Crippen LogP contribution < -0.4 is 9.80 Å². The van der Waals surface area contributed by atoms with Crippen molar-refractivity contribution < 1.29 is 19.5 Å². The van der Waals surface area contributed by atoms with E-state index < -0.39 is 12.0 Å². The Bertz CT molecular complexity index is 802. The second-order valence-electron chi connectivity index (χ2n) is 5.97. The van der Waals surface area contributed by atoms with Crippen molar-refractivity contribution in [1.29, 1.82) is 0 Å². The molecular formula is C19H18N2O4. The fourth-order valence-electron chi connectivity index (χ4n) is 2.97. The number of hydrogen-bond acceptors (Lipinski definition) is 4. The summed E-state index contributed by atoms with van der Waals surface area (Å²) in [6, 6.07) is 15.4. The highest BCUT2D eigenvalue weighted by molar-refractivity contribution is 6.23. The molecule has 1 saturated heterocycles. The van der Waals surface area contributed by atoms with E-state index in [4.69, 9.17) is 5.11 Å². The first-order valence-electron chi connectivity index (χ1n) is 7.93. The van der Waals surface area contributed by atoms with Gasteiger partial charge in [0, 0.05) is 12.7 Å². The van der Waals surface area contributed by atoms with Crippen LogP contribution in [-0.2, 0) is 20.8 Å². The summed E-state index contributed by atoms with van der Waals surface area (Å²) in [7, 11) is 1.80. The first-order chi connectivity index (χ1) is 12.0. The summed E-state index contributed by atoms with van der Waals surface area (Å²) in [6.45, 7) is 0. The Labute approximate surface area is 145 Å². The number of carbonyl (C=O) groups excluding carboxylic acids is 2. The number of likely N-dealkylation sites (N-methyl/N-ethyl adjacent to an activating group) is 1. The lowest BCUT2D eigenvalue weighted by molar-refractivity contribution is -0.136. The van der Waals surface area contributed by atoms with Crippen molar-refractivity contribution in [3.8, 4) is 0 Å². The van der Waals surface area contributed by atoms with Crippen LogP contribution in [0.15, 0.2) is 54.6 Å². The molecule has 0 radical (unpaired) electrons. The standard InChI is InChI=1S/C19H18N2O4/c1-20(14-5-3-2-4-6-14)16-12-17(22)21(19(16)25)15-9-7-13(8-10-15)11-18(23)24/h2-10,16H,11-12H2,1H3,(H,23,24). The van der Waals surface area contributed by atoms with Gasteiger partial charge in [-0.05, 0) is 29.8 Å². The molecule has 6 heteroatoms. The van der Waals surface area contributed by atoms with E-state index in [9.17, 15) is 14.4 Å². The van der Waals surface area contributed by atoms with Gasteiger partial charge in [0.15, 0.2) is 0 Å². The van der Waals surface area contributed by atoms with E-state index in [0.29, 0.717) is 11.3 Å². The molecule has 1 unspecified atom stereocenters. The molecule has 1 fully saturated rings. The fraction of sp³-hybridized carbons (Fsp3) is 0.211. The molecule has 2 amide bonds. The number of anilines is 2. The maximum Gasteiger partial charge on any atom is 0.307 e. The second kappa shape index (κ2) is 6.76. The minimum Gasteiger partial charge on any atom is -0.481 e. The summed E-state index contributed by atoms with van der Waals surface area (Å²) in [6.07, 6.45) is 0.0165. The number of imide groups is 1. The monoisotopic (exact) mass is 338 g/mol. The van der Waals surface area contributed by atoms with Crippen molar-refractivity contribution in [2.45, 2.75) is 18.9 Å². The van der Waals surface area contributed by atoms with Gasteiger partial charge in [-0.25, -0.2) is 4.90 Å². The maximum absolute atomic E-state index is 12.8.